The van der Waals surface area contributed by atoms with Crippen molar-refractivity contribution < 1.29 is 9.53 Å². The molecule has 2 aromatic heterocycles. The summed E-state index contributed by atoms with van der Waals surface area (Å²) in [6.45, 7) is 0.718. The molecule has 0 atom stereocenters. The second-order valence-corrected chi connectivity index (χ2v) is 4.98. The number of anilines is 1. The number of H-pyrrole nitrogens is 2. The summed E-state index contributed by atoms with van der Waals surface area (Å²) in [4.78, 5) is 18.8. The second-order valence-electron chi connectivity index (χ2n) is 4.98. The molecule has 4 rings (SSSR count). The van der Waals surface area contributed by atoms with E-state index in [2.05, 4.69) is 25.5 Å². The number of rotatable bonds is 3. The van der Waals surface area contributed by atoms with Crippen molar-refractivity contribution in [1.29, 1.82) is 0 Å². The normalized spacial score (nSPS) is 12.7. The molecule has 1 aliphatic rings. The smallest absolute Gasteiger partial charge is 0.275 e. The molecular formula is C15H13N5O2. The quantitative estimate of drug-likeness (QED) is 0.688. The molecule has 7 nitrogen and oxygen atoms in total. The van der Waals surface area contributed by atoms with Crippen LogP contribution in [0, 0.1) is 0 Å². The minimum Gasteiger partial charge on any atom is -0.493 e. The average molecular weight is 295 g/mol. The zero-order valence-corrected chi connectivity index (χ0v) is 11.6. The fourth-order valence-electron chi connectivity index (χ4n) is 2.44. The molecule has 1 aromatic carbocycles. The Labute approximate surface area is 125 Å². The Balaban J connectivity index is 1.57. The maximum Gasteiger partial charge on any atom is 0.275 e. The minimum atomic E-state index is -0.293. The largest absolute Gasteiger partial charge is 0.493 e. The second kappa shape index (κ2) is 5.03. The van der Waals surface area contributed by atoms with Gasteiger partial charge in [-0.15, -0.1) is 0 Å². The van der Waals surface area contributed by atoms with E-state index in [0.29, 0.717) is 11.6 Å². The lowest BCUT2D eigenvalue weighted by Crippen LogP contribution is -2.13. The molecule has 0 bridgehead atoms. The van der Waals surface area contributed by atoms with Crippen molar-refractivity contribution in [3.05, 3.63) is 47.9 Å². The summed E-state index contributed by atoms with van der Waals surface area (Å²) < 4.78 is 5.49. The van der Waals surface area contributed by atoms with Crippen LogP contribution in [0.15, 0.2) is 36.7 Å². The van der Waals surface area contributed by atoms with Crippen molar-refractivity contribution in [2.75, 3.05) is 11.9 Å². The first kappa shape index (κ1) is 12.6. The summed E-state index contributed by atoms with van der Waals surface area (Å²) in [5, 5.41) is 9.60. The number of hydrogen-bond donors (Lipinski definition) is 3. The van der Waals surface area contributed by atoms with Crippen molar-refractivity contribution in [2.45, 2.75) is 6.42 Å². The number of nitrogens with zero attached hydrogens (tertiary/aromatic N) is 2. The van der Waals surface area contributed by atoms with Crippen LogP contribution in [-0.2, 0) is 6.42 Å². The SMILES string of the molecule is O=C(Nc1ncc[nH]1)c1cc(-c2ccc3c(c2)CCO3)n[nH]1. The van der Waals surface area contributed by atoms with Crippen LogP contribution >= 0.6 is 0 Å². The van der Waals surface area contributed by atoms with E-state index in [1.807, 2.05) is 18.2 Å². The summed E-state index contributed by atoms with van der Waals surface area (Å²) in [5.74, 6) is 1.03. The molecule has 3 N–H and O–H groups in total. The maximum atomic E-state index is 12.1. The number of benzene rings is 1. The minimum absolute atomic E-state index is 0.293. The summed E-state index contributed by atoms with van der Waals surface area (Å²) in [5.41, 5.74) is 3.22. The molecule has 0 radical (unpaired) electrons. The van der Waals surface area contributed by atoms with Gasteiger partial charge >= 0.3 is 0 Å². The van der Waals surface area contributed by atoms with Gasteiger partial charge in [0.15, 0.2) is 0 Å². The predicted molar refractivity (Wildman–Crippen MR) is 79.8 cm³/mol. The number of fused-ring (bicyclic) bond motifs is 1. The third-order valence-corrected chi connectivity index (χ3v) is 3.54. The molecule has 0 unspecified atom stereocenters. The highest BCUT2D eigenvalue weighted by molar-refractivity contribution is 6.02. The average Bonchev–Trinajstić information content (AvgIpc) is 3.27. The van der Waals surface area contributed by atoms with Gasteiger partial charge in [-0.1, -0.05) is 0 Å². The first-order valence-corrected chi connectivity index (χ1v) is 6.92. The molecule has 7 heteroatoms. The number of hydrogen-bond acceptors (Lipinski definition) is 4. The van der Waals surface area contributed by atoms with Crippen molar-refractivity contribution >= 4 is 11.9 Å². The lowest BCUT2D eigenvalue weighted by molar-refractivity contribution is 0.102. The fourth-order valence-corrected chi connectivity index (χ4v) is 2.44. The Hall–Kier alpha value is -3.09. The van der Waals surface area contributed by atoms with Crippen LogP contribution < -0.4 is 10.1 Å². The highest BCUT2D eigenvalue weighted by Crippen LogP contribution is 2.29. The van der Waals surface area contributed by atoms with E-state index in [0.717, 1.165) is 30.0 Å². The first-order chi connectivity index (χ1) is 10.8. The third-order valence-electron chi connectivity index (χ3n) is 3.54. The molecule has 3 aromatic rings. The highest BCUT2D eigenvalue weighted by atomic mass is 16.5. The number of ether oxygens (including phenoxy) is 1. The first-order valence-electron chi connectivity index (χ1n) is 6.92. The number of carbonyl (C=O) groups excluding carboxylic acids is 1. The van der Waals surface area contributed by atoms with Crippen molar-refractivity contribution in [3.63, 3.8) is 0 Å². The van der Waals surface area contributed by atoms with Gasteiger partial charge in [0.2, 0.25) is 5.95 Å². The van der Waals surface area contributed by atoms with Gasteiger partial charge in [-0.2, -0.15) is 5.10 Å². The summed E-state index contributed by atoms with van der Waals surface area (Å²) in [7, 11) is 0. The van der Waals surface area contributed by atoms with E-state index in [9.17, 15) is 4.79 Å². The lowest BCUT2D eigenvalue weighted by Gasteiger charge is -2.00. The van der Waals surface area contributed by atoms with Gasteiger partial charge in [-0.3, -0.25) is 15.2 Å². The molecule has 1 amide bonds. The predicted octanol–water partition coefficient (Wildman–Crippen LogP) is 1.99. The van der Waals surface area contributed by atoms with E-state index in [-0.39, 0.29) is 5.91 Å². The van der Waals surface area contributed by atoms with Crippen LogP contribution in [0.2, 0.25) is 0 Å². The number of carbonyl (C=O) groups is 1. The summed E-state index contributed by atoms with van der Waals surface area (Å²) >= 11 is 0. The Morgan fingerprint density at radius 1 is 1.32 bits per heavy atom. The molecule has 0 saturated heterocycles. The van der Waals surface area contributed by atoms with Crippen LogP contribution in [0.1, 0.15) is 16.1 Å². The van der Waals surface area contributed by atoms with E-state index in [4.69, 9.17) is 4.74 Å². The lowest BCUT2D eigenvalue weighted by atomic mass is 10.1. The van der Waals surface area contributed by atoms with Gasteiger partial charge in [-0.25, -0.2) is 4.98 Å². The molecular weight excluding hydrogens is 282 g/mol. The van der Waals surface area contributed by atoms with Gasteiger partial charge < -0.3 is 9.72 Å². The number of amides is 1. The van der Waals surface area contributed by atoms with Gasteiger partial charge in [0.1, 0.15) is 11.4 Å². The van der Waals surface area contributed by atoms with Crippen LogP contribution in [0.3, 0.4) is 0 Å². The highest BCUT2D eigenvalue weighted by Gasteiger charge is 2.15. The van der Waals surface area contributed by atoms with Gasteiger partial charge in [0.05, 0.1) is 12.3 Å². The standard InChI is InChI=1S/C15H13N5O2/c21-14(18-15-16-4-5-17-15)12-8-11(19-20-12)9-1-2-13-10(7-9)3-6-22-13/h1-2,4-5,7-8H,3,6H2,(H,19,20)(H2,16,17,18,21). The number of aromatic amines is 2. The summed E-state index contributed by atoms with van der Waals surface area (Å²) in [6.07, 6.45) is 4.11. The molecule has 22 heavy (non-hydrogen) atoms. The number of nitrogens with one attached hydrogen (secondary N) is 3. The third kappa shape index (κ3) is 2.22. The Bertz CT molecular complexity index is 822. The number of aromatic nitrogens is 4. The fraction of sp³-hybridized carbons (Fsp3) is 0.133. The van der Waals surface area contributed by atoms with Gasteiger partial charge in [-0.05, 0) is 29.8 Å². The molecule has 0 fully saturated rings. The van der Waals surface area contributed by atoms with Crippen LogP contribution in [0.4, 0.5) is 5.95 Å². The molecule has 0 saturated carbocycles. The van der Waals surface area contributed by atoms with E-state index < -0.39 is 0 Å². The Morgan fingerprint density at radius 3 is 3.14 bits per heavy atom. The van der Waals surface area contributed by atoms with Crippen LogP contribution in [0.5, 0.6) is 5.75 Å². The molecule has 1 aliphatic heterocycles. The summed E-state index contributed by atoms with van der Waals surface area (Å²) in [6, 6.07) is 7.64. The van der Waals surface area contributed by atoms with Crippen LogP contribution in [0.25, 0.3) is 11.3 Å². The van der Waals surface area contributed by atoms with Crippen molar-refractivity contribution in [2.24, 2.45) is 0 Å². The van der Waals surface area contributed by atoms with Crippen molar-refractivity contribution in [3.8, 4) is 17.0 Å². The molecule has 0 spiro atoms. The molecule has 0 aliphatic carbocycles. The maximum absolute atomic E-state index is 12.1. The number of imidazole rings is 1. The Kier molecular flexibility index (Phi) is 2.89. The van der Waals surface area contributed by atoms with Crippen molar-refractivity contribution in [1.82, 2.24) is 20.2 Å². The topological polar surface area (TPSA) is 95.7 Å². The zero-order chi connectivity index (χ0) is 14.9. The van der Waals surface area contributed by atoms with Gasteiger partial charge in [0.25, 0.3) is 5.91 Å². The van der Waals surface area contributed by atoms with E-state index >= 15 is 0 Å². The molecule has 3 heterocycles. The van der Waals surface area contributed by atoms with E-state index in [1.165, 1.54) is 5.56 Å². The van der Waals surface area contributed by atoms with Gasteiger partial charge in [0, 0.05) is 24.4 Å². The van der Waals surface area contributed by atoms with Crippen LogP contribution in [-0.4, -0.2) is 32.7 Å². The zero-order valence-electron chi connectivity index (χ0n) is 11.6. The molecule has 110 valence electrons. The monoisotopic (exact) mass is 295 g/mol. The Morgan fingerprint density at radius 2 is 2.27 bits per heavy atom. The van der Waals surface area contributed by atoms with E-state index in [1.54, 1.807) is 18.5 Å².